The first-order chi connectivity index (χ1) is 9.99. The summed E-state index contributed by atoms with van der Waals surface area (Å²) in [6.45, 7) is 3.01. The molecule has 0 atom stereocenters. The van der Waals surface area contributed by atoms with E-state index in [1.54, 1.807) is 0 Å². The maximum Gasteiger partial charge on any atom is 0.233 e. The second kappa shape index (κ2) is 5.29. The quantitative estimate of drug-likeness (QED) is 0.928. The standard InChI is InChI=1S/C17H22ClNO2/c1-2-7-16(21)11-19(12-16)15(20)17(8-4-9-17)13-5-3-6-14(18)10-13/h3,5-6,10,21H,2,4,7-9,11-12H2,1H3. The van der Waals surface area contributed by atoms with Gasteiger partial charge in [0, 0.05) is 5.02 Å². The summed E-state index contributed by atoms with van der Waals surface area (Å²) < 4.78 is 0. The lowest BCUT2D eigenvalue weighted by Gasteiger charge is -2.52. The van der Waals surface area contributed by atoms with E-state index in [9.17, 15) is 9.90 Å². The molecule has 1 saturated carbocycles. The van der Waals surface area contributed by atoms with Gasteiger partial charge < -0.3 is 10.0 Å². The van der Waals surface area contributed by atoms with Gasteiger partial charge in [-0.1, -0.05) is 43.5 Å². The Morgan fingerprint density at radius 2 is 2.10 bits per heavy atom. The summed E-state index contributed by atoms with van der Waals surface area (Å²) in [5.74, 6) is 0.164. The third-order valence-corrected chi connectivity index (χ3v) is 5.20. The molecule has 3 nitrogen and oxygen atoms in total. The fourth-order valence-corrected chi connectivity index (χ4v) is 3.87. The minimum Gasteiger partial charge on any atom is -0.386 e. The van der Waals surface area contributed by atoms with Crippen molar-refractivity contribution in [3.8, 4) is 0 Å². The molecule has 4 heteroatoms. The van der Waals surface area contributed by atoms with Crippen molar-refractivity contribution in [3.63, 3.8) is 0 Å². The number of hydrogen-bond acceptors (Lipinski definition) is 2. The molecule has 2 aliphatic rings. The first-order valence-corrected chi connectivity index (χ1v) is 8.15. The Bertz CT molecular complexity index is 547. The van der Waals surface area contributed by atoms with Gasteiger partial charge in [0.25, 0.3) is 0 Å². The molecule has 0 bridgehead atoms. The van der Waals surface area contributed by atoms with Crippen LogP contribution in [-0.2, 0) is 10.2 Å². The van der Waals surface area contributed by atoms with Crippen LogP contribution in [0.2, 0.25) is 5.02 Å². The highest BCUT2D eigenvalue weighted by molar-refractivity contribution is 6.30. The fourth-order valence-electron chi connectivity index (χ4n) is 3.68. The number of aliphatic hydroxyl groups is 1. The molecule has 114 valence electrons. The Morgan fingerprint density at radius 1 is 1.38 bits per heavy atom. The van der Waals surface area contributed by atoms with Crippen molar-refractivity contribution in [2.24, 2.45) is 0 Å². The number of halogens is 1. The molecule has 0 unspecified atom stereocenters. The molecule has 1 amide bonds. The van der Waals surface area contributed by atoms with Crippen LogP contribution in [0.25, 0.3) is 0 Å². The topological polar surface area (TPSA) is 40.5 Å². The minimum absolute atomic E-state index is 0.164. The Hall–Kier alpha value is -1.06. The van der Waals surface area contributed by atoms with Gasteiger partial charge in [0.15, 0.2) is 0 Å². The summed E-state index contributed by atoms with van der Waals surface area (Å²) in [5.41, 5.74) is -0.0422. The monoisotopic (exact) mass is 307 g/mol. The molecule has 1 aliphatic carbocycles. The van der Waals surface area contributed by atoms with E-state index in [4.69, 9.17) is 11.6 Å². The number of nitrogens with zero attached hydrogens (tertiary/aromatic N) is 1. The zero-order valence-corrected chi connectivity index (χ0v) is 13.2. The molecule has 3 rings (SSSR count). The van der Waals surface area contributed by atoms with Crippen molar-refractivity contribution in [1.82, 2.24) is 4.90 Å². The van der Waals surface area contributed by atoms with E-state index >= 15 is 0 Å². The molecular formula is C17H22ClNO2. The highest BCUT2D eigenvalue weighted by Gasteiger charge is 2.52. The number of carbonyl (C=O) groups is 1. The molecule has 1 aromatic carbocycles. The van der Waals surface area contributed by atoms with Crippen LogP contribution in [0.4, 0.5) is 0 Å². The van der Waals surface area contributed by atoms with Crippen LogP contribution in [0.5, 0.6) is 0 Å². The maximum absolute atomic E-state index is 12.9. The van der Waals surface area contributed by atoms with Gasteiger partial charge in [-0.2, -0.15) is 0 Å². The Balaban J connectivity index is 1.77. The molecular weight excluding hydrogens is 286 g/mol. The van der Waals surface area contributed by atoms with Gasteiger partial charge in [0.1, 0.15) is 0 Å². The SMILES string of the molecule is CCCC1(O)CN(C(=O)C2(c3cccc(Cl)c3)CCC2)C1. The van der Waals surface area contributed by atoms with E-state index in [2.05, 4.69) is 6.92 Å². The number of carbonyl (C=O) groups excluding carboxylic acids is 1. The zero-order valence-electron chi connectivity index (χ0n) is 12.4. The van der Waals surface area contributed by atoms with Crippen molar-refractivity contribution in [2.45, 2.75) is 50.0 Å². The minimum atomic E-state index is -0.663. The highest BCUT2D eigenvalue weighted by Crippen LogP contribution is 2.47. The van der Waals surface area contributed by atoms with Crippen LogP contribution in [0.15, 0.2) is 24.3 Å². The lowest BCUT2D eigenvalue weighted by atomic mass is 9.63. The van der Waals surface area contributed by atoms with Crippen LogP contribution in [0.3, 0.4) is 0 Å². The van der Waals surface area contributed by atoms with Crippen molar-refractivity contribution in [1.29, 1.82) is 0 Å². The Morgan fingerprint density at radius 3 is 2.62 bits per heavy atom. The van der Waals surface area contributed by atoms with Gasteiger partial charge in [0.2, 0.25) is 5.91 Å². The van der Waals surface area contributed by atoms with Gasteiger partial charge in [0.05, 0.1) is 24.1 Å². The van der Waals surface area contributed by atoms with Crippen molar-refractivity contribution in [3.05, 3.63) is 34.9 Å². The summed E-state index contributed by atoms with van der Waals surface area (Å²) in [5, 5.41) is 11.0. The van der Waals surface area contributed by atoms with Gasteiger partial charge in [-0.05, 0) is 37.0 Å². The van der Waals surface area contributed by atoms with Gasteiger partial charge in [-0.15, -0.1) is 0 Å². The molecule has 2 fully saturated rings. The third kappa shape index (κ3) is 2.47. The fraction of sp³-hybridized carbons (Fsp3) is 0.588. The van der Waals surface area contributed by atoms with E-state index in [-0.39, 0.29) is 5.91 Å². The molecule has 0 radical (unpaired) electrons. The smallest absolute Gasteiger partial charge is 0.233 e. The van der Waals surface area contributed by atoms with Crippen LogP contribution in [0.1, 0.15) is 44.6 Å². The highest BCUT2D eigenvalue weighted by atomic mass is 35.5. The van der Waals surface area contributed by atoms with Crippen LogP contribution < -0.4 is 0 Å². The first-order valence-electron chi connectivity index (χ1n) is 7.77. The first kappa shape index (κ1) is 14.9. The van der Waals surface area contributed by atoms with Crippen molar-refractivity contribution < 1.29 is 9.90 Å². The summed E-state index contributed by atoms with van der Waals surface area (Å²) >= 11 is 6.09. The predicted octanol–water partition coefficient (Wildman–Crippen LogP) is 3.14. The zero-order chi connectivity index (χ0) is 15.1. The van der Waals surface area contributed by atoms with Crippen LogP contribution in [-0.4, -0.2) is 34.6 Å². The van der Waals surface area contributed by atoms with Gasteiger partial charge in [-0.25, -0.2) is 0 Å². The lowest BCUT2D eigenvalue weighted by molar-refractivity contribution is -0.165. The second-order valence-electron chi connectivity index (χ2n) is 6.58. The normalized spacial score (nSPS) is 22.3. The molecule has 1 aromatic rings. The number of rotatable bonds is 4. The number of hydrogen-bond donors (Lipinski definition) is 1. The Kier molecular flexibility index (Phi) is 3.74. The number of β-amino-alcohol motifs (C(OH)–C–C–N with tert-alkyl or cyclic N) is 1. The van der Waals surface area contributed by atoms with Gasteiger partial charge in [-0.3, -0.25) is 4.79 Å². The molecule has 21 heavy (non-hydrogen) atoms. The second-order valence-corrected chi connectivity index (χ2v) is 7.02. The number of amides is 1. The molecule has 0 aromatic heterocycles. The molecule has 1 N–H and O–H groups in total. The average molecular weight is 308 g/mol. The largest absolute Gasteiger partial charge is 0.386 e. The van der Waals surface area contributed by atoms with Crippen molar-refractivity contribution >= 4 is 17.5 Å². The van der Waals surface area contributed by atoms with Crippen LogP contribution in [0, 0.1) is 0 Å². The molecule has 1 heterocycles. The van der Waals surface area contributed by atoms with Crippen LogP contribution >= 0.6 is 11.6 Å². The van der Waals surface area contributed by atoms with E-state index in [1.165, 1.54) is 0 Å². The maximum atomic E-state index is 12.9. The summed E-state index contributed by atoms with van der Waals surface area (Å²) in [4.78, 5) is 14.7. The molecule has 1 saturated heterocycles. The van der Waals surface area contributed by atoms with E-state index in [0.29, 0.717) is 18.1 Å². The van der Waals surface area contributed by atoms with E-state index < -0.39 is 11.0 Å². The van der Waals surface area contributed by atoms with Crippen molar-refractivity contribution in [2.75, 3.05) is 13.1 Å². The number of likely N-dealkylation sites (tertiary alicyclic amines) is 1. The lowest BCUT2D eigenvalue weighted by Crippen LogP contribution is -2.67. The third-order valence-electron chi connectivity index (χ3n) is 4.97. The number of benzene rings is 1. The van der Waals surface area contributed by atoms with E-state index in [1.807, 2.05) is 29.2 Å². The molecule has 0 spiro atoms. The summed E-state index contributed by atoms with van der Waals surface area (Å²) in [6.07, 6.45) is 4.55. The van der Waals surface area contributed by atoms with Gasteiger partial charge >= 0.3 is 0 Å². The summed E-state index contributed by atoms with van der Waals surface area (Å²) in [6, 6.07) is 7.66. The molecule has 1 aliphatic heterocycles. The van der Waals surface area contributed by atoms with E-state index in [0.717, 1.165) is 37.7 Å². The predicted molar refractivity (Wildman–Crippen MR) is 83.4 cm³/mol. The Labute approximate surface area is 130 Å². The summed E-state index contributed by atoms with van der Waals surface area (Å²) in [7, 11) is 0. The average Bonchev–Trinajstić information content (AvgIpc) is 2.34.